The van der Waals surface area contributed by atoms with Crippen LogP contribution in [-0.4, -0.2) is 16.1 Å². The van der Waals surface area contributed by atoms with Crippen LogP contribution < -0.4 is 5.32 Å². The van der Waals surface area contributed by atoms with E-state index in [9.17, 15) is 0 Å². The predicted octanol–water partition coefficient (Wildman–Crippen LogP) is 3.31. The average Bonchev–Trinajstić information content (AvgIpc) is 2.74. The number of benzene rings is 1. The highest BCUT2D eigenvalue weighted by molar-refractivity contribution is 5.29. The summed E-state index contributed by atoms with van der Waals surface area (Å²) >= 11 is 0. The van der Waals surface area contributed by atoms with Gasteiger partial charge in [0.25, 0.3) is 0 Å². The lowest BCUT2D eigenvalue weighted by Crippen LogP contribution is -2.13. The summed E-state index contributed by atoms with van der Waals surface area (Å²) in [5.41, 5.74) is 2.60. The highest BCUT2D eigenvalue weighted by atomic mass is 15.2. The standard InChI is InChI=1S/C15H21N3/c1-12(2)10-17-15-16-7-8-18(15)11-14-6-4-5-13(3)9-14/h4-9,12H,10-11H2,1-3H3,(H,16,17). The van der Waals surface area contributed by atoms with Crippen molar-refractivity contribution in [1.82, 2.24) is 9.55 Å². The molecule has 0 radical (unpaired) electrons. The number of rotatable bonds is 5. The number of hydrogen-bond acceptors (Lipinski definition) is 2. The third kappa shape index (κ3) is 3.36. The van der Waals surface area contributed by atoms with E-state index in [0.29, 0.717) is 5.92 Å². The molecule has 0 atom stereocenters. The second-order valence-corrected chi connectivity index (χ2v) is 5.14. The maximum absolute atomic E-state index is 4.36. The van der Waals surface area contributed by atoms with Crippen molar-refractivity contribution in [1.29, 1.82) is 0 Å². The van der Waals surface area contributed by atoms with Crippen LogP contribution >= 0.6 is 0 Å². The molecule has 2 aromatic rings. The Morgan fingerprint density at radius 3 is 2.89 bits per heavy atom. The fourth-order valence-electron chi connectivity index (χ4n) is 1.91. The first kappa shape index (κ1) is 12.7. The van der Waals surface area contributed by atoms with Crippen LogP contribution in [0.25, 0.3) is 0 Å². The zero-order chi connectivity index (χ0) is 13.0. The third-order valence-electron chi connectivity index (χ3n) is 2.82. The molecule has 0 spiro atoms. The van der Waals surface area contributed by atoms with Crippen molar-refractivity contribution in [2.75, 3.05) is 11.9 Å². The van der Waals surface area contributed by atoms with E-state index in [0.717, 1.165) is 19.0 Å². The van der Waals surface area contributed by atoms with Crippen molar-refractivity contribution in [3.05, 3.63) is 47.8 Å². The minimum absolute atomic E-state index is 0.620. The van der Waals surface area contributed by atoms with E-state index in [2.05, 4.69) is 59.9 Å². The molecule has 1 aromatic carbocycles. The average molecular weight is 243 g/mol. The summed E-state index contributed by atoms with van der Waals surface area (Å²) in [6.07, 6.45) is 3.86. The molecule has 3 nitrogen and oxygen atoms in total. The Morgan fingerprint density at radius 1 is 1.33 bits per heavy atom. The van der Waals surface area contributed by atoms with Crippen LogP contribution in [0.3, 0.4) is 0 Å². The largest absolute Gasteiger partial charge is 0.355 e. The Hall–Kier alpha value is -1.77. The first-order valence-corrected chi connectivity index (χ1v) is 6.45. The molecular formula is C15H21N3. The van der Waals surface area contributed by atoms with Crippen LogP contribution in [0.15, 0.2) is 36.7 Å². The molecule has 0 bridgehead atoms. The molecule has 18 heavy (non-hydrogen) atoms. The van der Waals surface area contributed by atoms with Gasteiger partial charge in [-0.2, -0.15) is 0 Å². The topological polar surface area (TPSA) is 29.9 Å². The monoisotopic (exact) mass is 243 g/mol. The van der Waals surface area contributed by atoms with Crippen LogP contribution in [0, 0.1) is 12.8 Å². The lowest BCUT2D eigenvalue weighted by atomic mass is 10.1. The first-order chi connectivity index (χ1) is 8.65. The molecule has 1 N–H and O–H groups in total. The maximum Gasteiger partial charge on any atom is 0.203 e. The molecule has 0 fully saturated rings. The quantitative estimate of drug-likeness (QED) is 0.873. The van der Waals surface area contributed by atoms with Crippen molar-refractivity contribution in [2.24, 2.45) is 5.92 Å². The van der Waals surface area contributed by atoms with E-state index in [1.807, 2.05) is 12.4 Å². The van der Waals surface area contributed by atoms with Gasteiger partial charge in [0, 0.05) is 18.9 Å². The van der Waals surface area contributed by atoms with Gasteiger partial charge in [0.2, 0.25) is 5.95 Å². The number of aryl methyl sites for hydroxylation is 1. The van der Waals surface area contributed by atoms with Crippen molar-refractivity contribution in [2.45, 2.75) is 27.3 Å². The molecule has 0 aliphatic heterocycles. The summed E-state index contributed by atoms with van der Waals surface area (Å²) in [6, 6.07) is 8.59. The van der Waals surface area contributed by atoms with E-state index in [4.69, 9.17) is 0 Å². The number of aromatic nitrogens is 2. The van der Waals surface area contributed by atoms with Gasteiger partial charge in [0.1, 0.15) is 0 Å². The fraction of sp³-hybridized carbons (Fsp3) is 0.400. The summed E-state index contributed by atoms with van der Waals surface area (Å²) in [5, 5.41) is 3.38. The Bertz CT molecular complexity index is 500. The molecule has 2 rings (SSSR count). The van der Waals surface area contributed by atoms with E-state index in [1.54, 1.807) is 0 Å². The van der Waals surface area contributed by atoms with Crippen molar-refractivity contribution >= 4 is 5.95 Å². The van der Waals surface area contributed by atoms with Gasteiger partial charge < -0.3 is 9.88 Å². The molecule has 1 aromatic heterocycles. The smallest absolute Gasteiger partial charge is 0.203 e. The number of anilines is 1. The van der Waals surface area contributed by atoms with Gasteiger partial charge in [0.15, 0.2) is 0 Å². The minimum Gasteiger partial charge on any atom is -0.355 e. The zero-order valence-corrected chi connectivity index (χ0v) is 11.4. The van der Waals surface area contributed by atoms with Gasteiger partial charge in [-0.05, 0) is 18.4 Å². The van der Waals surface area contributed by atoms with Gasteiger partial charge in [-0.3, -0.25) is 0 Å². The third-order valence-corrected chi connectivity index (χ3v) is 2.82. The van der Waals surface area contributed by atoms with Gasteiger partial charge in [-0.25, -0.2) is 4.98 Å². The second-order valence-electron chi connectivity index (χ2n) is 5.14. The fourth-order valence-corrected chi connectivity index (χ4v) is 1.91. The molecule has 3 heteroatoms. The van der Waals surface area contributed by atoms with Gasteiger partial charge >= 0.3 is 0 Å². The van der Waals surface area contributed by atoms with Crippen LogP contribution in [0.2, 0.25) is 0 Å². The molecular weight excluding hydrogens is 222 g/mol. The summed E-state index contributed by atoms with van der Waals surface area (Å²) in [5.74, 6) is 1.57. The lowest BCUT2D eigenvalue weighted by molar-refractivity contribution is 0.676. The lowest BCUT2D eigenvalue weighted by Gasteiger charge is -2.11. The molecule has 0 unspecified atom stereocenters. The van der Waals surface area contributed by atoms with E-state index >= 15 is 0 Å². The Morgan fingerprint density at radius 2 is 2.17 bits per heavy atom. The van der Waals surface area contributed by atoms with Gasteiger partial charge in [-0.15, -0.1) is 0 Å². The number of hydrogen-bond donors (Lipinski definition) is 1. The van der Waals surface area contributed by atoms with Crippen LogP contribution in [0.5, 0.6) is 0 Å². The maximum atomic E-state index is 4.36. The second kappa shape index (κ2) is 5.71. The summed E-state index contributed by atoms with van der Waals surface area (Å²) < 4.78 is 2.15. The van der Waals surface area contributed by atoms with Crippen molar-refractivity contribution in [3.8, 4) is 0 Å². The summed E-state index contributed by atoms with van der Waals surface area (Å²) in [6.45, 7) is 8.32. The van der Waals surface area contributed by atoms with Crippen molar-refractivity contribution < 1.29 is 0 Å². The molecule has 0 saturated carbocycles. The van der Waals surface area contributed by atoms with E-state index in [-0.39, 0.29) is 0 Å². The summed E-state index contributed by atoms with van der Waals surface area (Å²) in [4.78, 5) is 4.36. The number of nitrogens with one attached hydrogen (secondary N) is 1. The SMILES string of the molecule is Cc1cccc(Cn2ccnc2NCC(C)C)c1. The highest BCUT2D eigenvalue weighted by Gasteiger charge is 2.04. The zero-order valence-electron chi connectivity index (χ0n) is 11.4. The first-order valence-electron chi connectivity index (χ1n) is 6.45. The van der Waals surface area contributed by atoms with Crippen LogP contribution in [0.1, 0.15) is 25.0 Å². The van der Waals surface area contributed by atoms with Gasteiger partial charge in [0.05, 0.1) is 6.54 Å². The predicted molar refractivity (Wildman–Crippen MR) is 75.8 cm³/mol. The molecule has 96 valence electrons. The van der Waals surface area contributed by atoms with E-state index in [1.165, 1.54) is 11.1 Å². The van der Waals surface area contributed by atoms with Gasteiger partial charge in [-0.1, -0.05) is 43.7 Å². The van der Waals surface area contributed by atoms with E-state index < -0.39 is 0 Å². The molecule has 1 heterocycles. The number of nitrogens with zero attached hydrogens (tertiary/aromatic N) is 2. The summed E-state index contributed by atoms with van der Waals surface area (Å²) in [7, 11) is 0. The van der Waals surface area contributed by atoms with Crippen LogP contribution in [-0.2, 0) is 6.54 Å². The molecule has 0 amide bonds. The Balaban J connectivity index is 2.07. The van der Waals surface area contributed by atoms with Crippen molar-refractivity contribution in [3.63, 3.8) is 0 Å². The highest BCUT2D eigenvalue weighted by Crippen LogP contribution is 2.11. The Kier molecular flexibility index (Phi) is 4.03. The Labute approximate surface area is 109 Å². The number of imidazole rings is 1. The molecule has 0 saturated heterocycles. The molecule has 0 aliphatic rings. The minimum atomic E-state index is 0.620. The van der Waals surface area contributed by atoms with Crippen LogP contribution in [0.4, 0.5) is 5.95 Å². The normalized spacial score (nSPS) is 10.9. The molecule has 0 aliphatic carbocycles.